The van der Waals surface area contributed by atoms with Crippen molar-refractivity contribution in [3.63, 3.8) is 0 Å². The average molecular weight is 1280 g/mol. The predicted molar refractivity (Wildman–Crippen MR) is 405 cm³/mol. The summed E-state index contributed by atoms with van der Waals surface area (Å²) in [5.41, 5.74) is 32.0. The van der Waals surface area contributed by atoms with Crippen molar-refractivity contribution in [3.05, 3.63) is 434 Å². The van der Waals surface area contributed by atoms with Crippen molar-refractivity contribution in [2.24, 2.45) is 5.92 Å². The highest BCUT2D eigenvalue weighted by molar-refractivity contribution is 5.94. The first-order valence-corrected chi connectivity index (χ1v) is 34.4. The van der Waals surface area contributed by atoms with Crippen LogP contribution < -0.4 is 9.80 Å². The number of hydrogen-bond acceptors (Lipinski definition) is 2. The Hall–Kier alpha value is -11.7. The maximum atomic E-state index is 15.5. The molecule has 5 atom stereocenters. The lowest BCUT2D eigenvalue weighted by atomic mass is 9.65. The number of halogens is 2. The van der Waals surface area contributed by atoms with Gasteiger partial charge in [0, 0.05) is 46.0 Å². The molecule has 13 aromatic rings. The van der Waals surface area contributed by atoms with Gasteiger partial charge >= 0.3 is 0 Å². The molecule has 0 N–H and O–H groups in total. The second kappa shape index (κ2) is 22.7. The Balaban J connectivity index is 0.849. The number of hydrogen-bond donors (Lipinski definition) is 0. The fourth-order valence-electron chi connectivity index (χ4n) is 18.3. The maximum Gasteiger partial charge on any atom is 0.123 e. The Bertz CT molecular complexity index is 5580. The van der Waals surface area contributed by atoms with Crippen LogP contribution >= 0.6 is 0 Å². The van der Waals surface area contributed by atoms with E-state index in [4.69, 9.17) is 0 Å². The quantitative estimate of drug-likeness (QED) is 0.120. The summed E-state index contributed by atoms with van der Waals surface area (Å²) < 4.78 is 31.0. The lowest BCUT2D eigenvalue weighted by Crippen LogP contribution is -2.34. The minimum absolute atomic E-state index is 0.0158. The highest BCUT2D eigenvalue weighted by atomic mass is 19.1. The lowest BCUT2D eigenvalue weighted by molar-refractivity contribution is 0.462. The topological polar surface area (TPSA) is 6.48 Å². The smallest absolute Gasteiger partial charge is 0.123 e. The SMILES string of the molecule is C=Cc1ccc(C2(c3cc(C)ccc3C)c3ccccc3-c3ccc(N(C4=CC5C(C=C4)c4ccccc4C54c5ccccc5-c5ccc(N(c6ccc(F)cc6)c6ccc7c(c6)C(c6ccc(C=C)cc6)(c6cc(C)ccc6C)c6ccccc6-7)cc54)c4ccc(F)cc4)cc32)cc1. The van der Waals surface area contributed by atoms with Crippen LogP contribution in [-0.2, 0) is 16.2 Å². The predicted octanol–water partition coefficient (Wildman–Crippen LogP) is 24.0. The van der Waals surface area contributed by atoms with Gasteiger partial charge in [-0.15, -0.1) is 0 Å². The van der Waals surface area contributed by atoms with Crippen LogP contribution in [0.4, 0.5) is 37.2 Å². The zero-order valence-corrected chi connectivity index (χ0v) is 55.7. The van der Waals surface area contributed by atoms with Gasteiger partial charge in [0.25, 0.3) is 0 Å². The van der Waals surface area contributed by atoms with E-state index in [1.807, 2.05) is 36.4 Å². The van der Waals surface area contributed by atoms with Crippen LogP contribution in [0.3, 0.4) is 0 Å². The third-order valence-corrected chi connectivity index (χ3v) is 22.5. The standard InChI is InChI=1S/C95H70F2N2/c1-7-63-29-33-65(34-30-63)93(87-53-59(3)25-27-61(87)5)83-21-13-9-17-75(83)79-49-45-71(55-89(79)93)98(69-41-37-67(96)38-42-69)73-47-51-81-77-19-11-15-23-85(77)95(91(81)57-73)86-24-16-12-20-78(86)82-52-48-74(58-92(82)95)99(70-43-39-68(97)40-44-70)72-46-50-80-76-18-10-14-22-84(76)94(90(80)56-72,66-35-31-64(8-2)32-36-66)88-54-60(4)26-28-62(88)6/h7-58,81,91H,1-2H2,3-6H3. The van der Waals surface area contributed by atoms with Gasteiger partial charge in [-0.2, -0.15) is 0 Å². The van der Waals surface area contributed by atoms with E-state index in [1.54, 1.807) is 24.3 Å². The Morgan fingerprint density at radius 2 is 0.737 bits per heavy atom. The van der Waals surface area contributed by atoms with Gasteiger partial charge in [0.15, 0.2) is 0 Å². The summed E-state index contributed by atoms with van der Waals surface area (Å²) in [7, 11) is 0. The van der Waals surface area contributed by atoms with E-state index in [2.05, 4.69) is 305 Å². The number of benzene rings is 13. The summed E-state index contributed by atoms with van der Waals surface area (Å²) in [5.74, 6) is -0.760. The van der Waals surface area contributed by atoms with E-state index in [9.17, 15) is 0 Å². The van der Waals surface area contributed by atoms with Gasteiger partial charge in [0.2, 0.25) is 0 Å². The molecule has 18 rings (SSSR count). The molecule has 13 aromatic carbocycles. The van der Waals surface area contributed by atoms with Gasteiger partial charge in [-0.05, 0) is 241 Å². The van der Waals surface area contributed by atoms with Gasteiger partial charge in [0.05, 0.1) is 16.2 Å². The van der Waals surface area contributed by atoms with Crippen molar-refractivity contribution >= 4 is 40.6 Å². The van der Waals surface area contributed by atoms with E-state index < -0.39 is 16.2 Å². The van der Waals surface area contributed by atoms with Crippen LogP contribution in [-0.4, -0.2) is 0 Å². The van der Waals surface area contributed by atoms with E-state index in [1.165, 1.54) is 122 Å². The average Bonchev–Trinajstić information content (AvgIpc) is 1.53. The molecule has 474 valence electrons. The van der Waals surface area contributed by atoms with E-state index in [-0.39, 0.29) is 23.5 Å². The lowest BCUT2D eigenvalue weighted by Gasteiger charge is -2.39. The number of anilines is 5. The fraction of sp³-hybridized carbons (Fsp3) is 0.0947. The first-order chi connectivity index (χ1) is 48.4. The summed E-state index contributed by atoms with van der Waals surface area (Å²) in [6, 6.07) is 103. The van der Waals surface area contributed by atoms with Crippen LogP contribution in [0.2, 0.25) is 0 Å². The van der Waals surface area contributed by atoms with Crippen molar-refractivity contribution in [2.75, 3.05) is 9.80 Å². The minimum atomic E-state index is -0.704. The minimum Gasteiger partial charge on any atom is -0.311 e. The van der Waals surface area contributed by atoms with Gasteiger partial charge in [-0.3, -0.25) is 0 Å². The molecule has 2 nitrogen and oxygen atoms in total. The number of nitrogens with zero attached hydrogens (tertiary/aromatic N) is 2. The largest absolute Gasteiger partial charge is 0.311 e. The fourth-order valence-corrected chi connectivity index (χ4v) is 18.3. The molecular weight excluding hydrogens is 1210 g/mol. The highest BCUT2D eigenvalue weighted by Gasteiger charge is 2.58. The second-order valence-electron chi connectivity index (χ2n) is 27.6. The molecule has 0 heterocycles. The Morgan fingerprint density at radius 1 is 0.343 bits per heavy atom. The molecule has 0 radical (unpaired) electrons. The van der Waals surface area contributed by atoms with Crippen LogP contribution in [0.5, 0.6) is 0 Å². The van der Waals surface area contributed by atoms with Crippen LogP contribution in [0.15, 0.2) is 322 Å². The van der Waals surface area contributed by atoms with Crippen LogP contribution in [0, 0.1) is 45.2 Å². The summed E-state index contributed by atoms with van der Waals surface area (Å²) in [5, 5.41) is 0. The first kappa shape index (κ1) is 59.7. The molecule has 5 aliphatic carbocycles. The van der Waals surface area contributed by atoms with Gasteiger partial charge in [0.1, 0.15) is 11.6 Å². The van der Waals surface area contributed by atoms with Crippen LogP contribution in [0.25, 0.3) is 45.5 Å². The molecule has 1 spiro atoms. The Morgan fingerprint density at radius 3 is 1.23 bits per heavy atom. The molecule has 0 bridgehead atoms. The molecule has 0 saturated heterocycles. The Kier molecular flexibility index (Phi) is 13.7. The maximum absolute atomic E-state index is 15.5. The Labute approximate surface area is 578 Å². The second-order valence-corrected chi connectivity index (χ2v) is 27.6. The molecule has 5 unspecified atom stereocenters. The van der Waals surface area contributed by atoms with Gasteiger partial charge in [-0.25, -0.2) is 8.78 Å². The highest BCUT2D eigenvalue weighted by Crippen LogP contribution is 2.67. The normalized spacial score (nSPS) is 19.0. The summed E-state index contributed by atoms with van der Waals surface area (Å²) in [6.45, 7) is 17.1. The molecule has 0 saturated carbocycles. The molecule has 5 aliphatic rings. The van der Waals surface area contributed by atoms with Crippen molar-refractivity contribution in [1.82, 2.24) is 0 Å². The van der Waals surface area contributed by atoms with Crippen LogP contribution in [0.1, 0.15) is 106 Å². The van der Waals surface area contributed by atoms with Crippen molar-refractivity contribution in [2.45, 2.75) is 49.9 Å². The van der Waals surface area contributed by atoms with Crippen molar-refractivity contribution < 1.29 is 8.78 Å². The zero-order chi connectivity index (χ0) is 67.1. The van der Waals surface area contributed by atoms with Gasteiger partial charge in [-0.1, -0.05) is 249 Å². The number of aryl methyl sites for hydroxylation is 4. The molecule has 99 heavy (non-hydrogen) atoms. The number of fused-ring (bicyclic) bond motifs is 16. The van der Waals surface area contributed by atoms with E-state index >= 15 is 8.78 Å². The van der Waals surface area contributed by atoms with E-state index in [0.717, 1.165) is 45.3 Å². The first-order valence-electron chi connectivity index (χ1n) is 34.4. The summed E-state index contributed by atoms with van der Waals surface area (Å²) in [6.07, 6.45) is 11.1. The summed E-state index contributed by atoms with van der Waals surface area (Å²) >= 11 is 0. The molecule has 0 amide bonds. The molecular formula is C95H70F2N2. The molecule has 4 heteroatoms. The molecule has 0 aromatic heterocycles. The van der Waals surface area contributed by atoms with Crippen molar-refractivity contribution in [1.29, 1.82) is 0 Å². The monoisotopic (exact) mass is 1280 g/mol. The third kappa shape index (κ3) is 8.64. The van der Waals surface area contributed by atoms with E-state index in [0.29, 0.717) is 0 Å². The van der Waals surface area contributed by atoms with Gasteiger partial charge < -0.3 is 9.80 Å². The summed E-state index contributed by atoms with van der Waals surface area (Å²) in [4.78, 5) is 4.69. The number of allylic oxidation sites excluding steroid dienone is 3. The van der Waals surface area contributed by atoms with Crippen molar-refractivity contribution in [3.8, 4) is 33.4 Å². The zero-order valence-electron chi connectivity index (χ0n) is 55.7. The number of rotatable bonds is 12. The molecule has 0 aliphatic heterocycles. The molecule has 0 fully saturated rings. The third-order valence-electron chi connectivity index (χ3n) is 22.5.